The van der Waals surface area contributed by atoms with Crippen LogP contribution in [0.5, 0.6) is 5.75 Å². The second-order valence-electron chi connectivity index (χ2n) is 4.21. The molecule has 0 aliphatic heterocycles. The number of hydrogen-bond donors (Lipinski definition) is 2. The van der Waals surface area contributed by atoms with Crippen molar-refractivity contribution in [2.75, 3.05) is 19.7 Å². The van der Waals surface area contributed by atoms with Gasteiger partial charge >= 0.3 is 0 Å². The minimum absolute atomic E-state index is 0. The van der Waals surface area contributed by atoms with Gasteiger partial charge in [-0.3, -0.25) is 4.79 Å². The highest BCUT2D eigenvalue weighted by molar-refractivity contribution is 5.88. The van der Waals surface area contributed by atoms with Gasteiger partial charge in [0.2, 0.25) is 5.91 Å². The monoisotopic (exact) mass is 294 g/mol. The number of carbonyl (C=O) groups excluding carboxylic acids is 1. The summed E-state index contributed by atoms with van der Waals surface area (Å²) < 4.78 is 5.70. The van der Waals surface area contributed by atoms with E-state index in [9.17, 15) is 4.79 Å². The molecule has 0 bridgehead atoms. The van der Waals surface area contributed by atoms with E-state index in [2.05, 4.69) is 5.32 Å². The summed E-state index contributed by atoms with van der Waals surface area (Å²) in [6.07, 6.45) is 0.355. The van der Waals surface area contributed by atoms with Crippen LogP contribution in [0.25, 0.3) is 10.8 Å². The SMILES string of the molecule is Cl.NCCC(=O)NCCOc1cccc2ccccc12. The van der Waals surface area contributed by atoms with E-state index in [1.165, 1.54) is 0 Å². The fourth-order valence-electron chi connectivity index (χ4n) is 1.89. The molecule has 2 aromatic rings. The van der Waals surface area contributed by atoms with Crippen LogP contribution >= 0.6 is 12.4 Å². The van der Waals surface area contributed by atoms with Crippen LogP contribution in [-0.2, 0) is 4.79 Å². The van der Waals surface area contributed by atoms with Crippen molar-refractivity contribution in [3.05, 3.63) is 42.5 Å². The number of amides is 1. The largest absolute Gasteiger partial charge is 0.491 e. The van der Waals surface area contributed by atoms with Crippen molar-refractivity contribution >= 4 is 29.1 Å². The van der Waals surface area contributed by atoms with Gasteiger partial charge in [-0.2, -0.15) is 0 Å². The lowest BCUT2D eigenvalue weighted by Crippen LogP contribution is -2.29. The quantitative estimate of drug-likeness (QED) is 0.802. The lowest BCUT2D eigenvalue weighted by Gasteiger charge is -2.10. The predicted octanol–water partition coefficient (Wildman–Crippen LogP) is 2.11. The first-order valence-corrected chi connectivity index (χ1v) is 6.38. The van der Waals surface area contributed by atoms with E-state index in [4.69, 9.17) is 10.5 Å². The van der Waals surface area contributed by atoms with E-state index in [-0.39, 0.29) is 18.3 Å². The molecular weight excluding hydrogens is 276 g/mol. The van der Waals surface area contributed by atoms with Crippen molar-refractivity contribution < 1.29 is 9.53 Å². The van der Waals surface area contributed by atoms with Gasteiger partial charge in [0.05, 0.1) is 6.54 Å². The molecule has 0 heterocycles. The number of hydrogen-bond acceptors (Lipinski definition) is 3. The molecule has 0 aliphatic rings. The number of halogens is 1. The van der Waals surface area contributed by atoms with Crippen LogP contribution in [0.4, 0.5) is 0 Å². The molecule has 0 aliphatic carbocycles. The van der Waals surface area contributed by atoms with E-state index in [0.717, 1.165) is 16.5 Å². The highest BCUT2D eigenvalue weighted by Gasteiger charge is 2.02. The topological polar surface area (TPSA) is 64.4 Å². The molecule has 0 fully saturated rings. The Morgan fingerprint density at radius 2 is 1.90 bits per heavy atom. The first-order valence-electron chi connectivity index (χ1n) is 6.38. The summed E-state index contributed by atoms with van der Waals surface area (Å²) in [4.78, 5) is 11.2. The number of fused-ring (bicyclic) bond motifs is 1. The molecule has 5 heteroatoms. The molecular formula is C15H19ClN2O2. The van der Waals surface area contributed by atoms with E-state index < -0.39 is 0 Å². The van der Waals surface area contributed by atoms with Gasteiger partial charge in [0, 0.05) is 18.4 Å². The van der Waals surface area contributed by atoms with Gasteiger partial charge in [-0.1, -0.05) is 36.4 Å². The smallest absolute Gasteiger partial charge is 0.221 e. The third-order valence-corrected chi connectivity index (χ3v) is 2.80. The van der Waals surface area contributed by atoms with Crippen molar-refractivity contribution in [1.29, 1.82) is 0 Å². The Morgan fingerprint density at radius 1 is 1.15 bits per heavy atom. The van der Waals surface area contributed by atoms with Crippen LogP contribution in [0.1, 0.15) is 6.42 Å². The Bertz CT molecular complexity index is 555. The molecule has 2 rings (SSSR count). The van der Waals surface area contributed by atoms with Gasteiger partial charge in [0.25, 0.3) is 0 Å². The molecule has 0 atom stereocenters. The van der Waals surface area contributed by atoms with E-state index in [1.807, 2.05) is 42.5 Å². The van der Waals surface area contributed by atoms with Crippen LogP contribution in [0.15, 0.2) is 42.5 Å². The molecule has 108 valence electrons. The molecule has 1 amide bonds. The second kappa shape index (κ2) is 8.40. The third-order valence-electron chi connectivity index (χ3n) is 2.80. The summed E-state index contributed by atoms with van der Waals surface area (Å²) >= 11 is 0. The molecule has 0 saturated carbocycles. The van der Waals surface area contributed by atoms with Crippen LogP contribution < -0.4 is 15.8 Å². The van der Waals surface area contributed by atoms with E-state index in [1.54, 1.807) is 0 Å². The van der Waals surface area contributed by atoms with Gasteiger partial charge in [-0.25, -0.2) is 0 Å². The maximum Gasteiger partial charge on any atom is 0.221 e. The van der Waals surface area contributed by atoms with Crippen LogP contribution in [-0.4, -0.2) is 25.6 Å². The second-order valence-corrected chi connectivity index (χ2v) is 4.21. The molecule has 0 saturated heterocycles. The predicted molar refractivity (Wildman–Crippen MR) is 83.4 cm³/mol. The highest BCUT2D eigenvalue weighted by atomic mass is 35.5. The van der Waals surface area contributed by atoms with Gasteiger partial charge in [0.1, 0.15) is 12.4 Å². The lowest BCUT2D eigenvalue weighted by molar-refractivity contribution is -0.120. The fraction of sp³-hybridized carbons (Fsp3) is 0.267. The Morgan fingerprint density at radius 3 is 2.70 bits per heavy atom. The lowest BCUT2D eigenvalue weighted by atomic mass is 10.1. The number of rotatable bonds is 6. The van der Waals surface area contributed by atoms with Gasteiger partial charge < -0.3 is 15.8 Å². The summed E-state index contributed by atoms with van der Waals surface area (Å²) in [6, 6.07) is 14.0. The Labute approximate surface area is 124 Å². The molecule has 20 heavy (non-hydrogen) atoms. The van der Waals surface area contributed by atoms with Crippen LogP contribution in [0.3, 0.4) is 0 Å². The van der Waals surface area contributed by atoms with Crippen molar-refractivity contribution in [3.63, 3.8) is 0 Å². The number of nitrogens with one attached hydrogen (secondary N) is 1. The number of nitrogens with two attached hydrogens (primary N) is 1. The van der Waals surface area contributed by atoms with E-state index >= 15 is 0 Å². The molecule has 2 aromatic carbocycles. The summed E-state index contributed by atoms with van der Waals surface area (Å²) in [5.41, 5.74) is 5.29. The summed E-state index contributed by atoms with van der Waals surface area (Å²) in [5, 5.41) is 4.99. The fourth-order valence-corrected chi connectivity index (χ4v) is 1.89. The van der Waals surface area contributed by atoms with Crippen molar-refractivity contribution in [2.45, 2.75) is 6.42 Å². The Hall–Kier alpha value is -1.78. The number of ether oxygens (including phenoxy) is 1. The minimum atomic E-state index is -0.0379. The van der Waals surface area contributed by atoms with Gasteiger partial charge in [-0.05, 0) is 11.5 Å². The van der Waals surface area contributed by atoms with E-state index in [0.29, 0.717) is 26.1 Å². The van der Waals surface area contributed by atoms with Crippen molar-refractivity contribution in [3.8, 4) is 5.75 Å². The maximum atomic E-state index is 11.2. The third kappa shape index (κ3) is 4.40. The van der Waals surface area contributed by atoms with Gasteiger partial charge in [-0.15, -0.1) is 12.4 Å². The normalized spacial score (nSPS) is 9.85. The molecule has 0 spiro atoms. The first kappa shape index (κ1) is 16.3. The molecule has 0 unspecified atom stereocenters. The molecule has 3 N–H and O–H groups in total. The highest BCUT2D eigenvalue weighted by Crippen LogP contribution is 2.24. The van der Waals surface area contributed by atoms with Crippen LogP contribution in [0, 0.1) is 0 Å². The Balaban J connectivity index is 0.00000200. The van der Waals surface area contributed by atoms with Crippen LogP contribution in [0.2, 0.25) is 0 Å². The zero-order valence-electron chi connectivity index (χ0n) is 11.2. The van der Waals surface area contributed by atoms with Crippen molar-refractivity contribution in [1.82, 2.24) is 5.32 Å². The summed E-state index contributed by atoms with van der Waals surface area (Å²) in [6.45, 7) is 1.31. The minimum Gasteiger partial charge on any atom is -0.491 e. The first-order chi connectivity index (χ1) is 9.31. The Kier molecular flexibility index (Phi) is 6.84. The molecule has 0 aromatic heterocycles. The molecule has 0 radical (unpaired) electrons. The van der Waals surface area contributed by atoms with Gasteiger partial charge in [0.15, 0.2) is 0 Å². The number of carbonyl (C=O) groups is 1. The average molecular weight is 295 g/mol. The maximum absolute atomic E-state index is 11.2. The zero-order valence-corrected chi connectivity index (χ0v) is 12.0. The number of benzene rings is 2. The average Bonchev–Trinajstić information content (AvgIpc) is 2.44. The zero-order chi connectivity index (χ0) is 13.5. The van der Waals surface area contributed by atoms with Crippen molar-refractivity contribution in [2.24, 2.45) is 5.73 Å². The standard InChI is InChI=1S/C15H18N2O2.ClH/c16-9-8-15(18)17-10-11-19-14-7-3-5-12-4-1-2-6-13(12)14;/h1-7H,8-11,16H2,(H,17,18);1H. The summed E-state index contributed by atoms with van der Waals surface area (Å²) in [5.74, 6) is 0.801. The summed E-state index contributed by atoms with van der Waals surface area (Å²) in [7, 11) is 0. The molecule has 4 nitrogen and oxygen atoms in total.